The van der Waals surface area contributed by atoms with Crippen molar-refractivity contribution in [2.75, 3.05) is 5.32 Å². The predicted molar refractivity (Wildman–Crippen MR) is 80.0 cm³/mol. The maximum Gasteiger partial charge on any atom is 0.256 e. The van der Waals surface area contributed by atoms with Gasteiger partial charge >= 0.3 is 0 Å². The molecule has 0 bridgehead atoms. The van der Waals surface area contributed by atoms with E-state index in [1.807, 2.05) is 36.4 Å². The molecule has 3 aromatic rings. The summed E-state index contributed by atoms with van der Waals surface area (Å²) in [6.07, 6.45) is 0. The number of aromatic hydroxyl groups is 1. The summed E-state index contributed by atoms with van der Waals surface area (Å²) in [5, 5.41) is 14.1. The quantitative estimate of drug-likeness (QED) is 0.738. The summed E-state index contributed by atoms with van der Waals surface area (Å²) in [6, 6.07) is 19.9. The van der Waals surface area contributed by atoms with E-state index in [1.165, 1.54) is 6.07 Å². The van der Waals surface area contributed by atoms with E-state index in [9.17, 15) is 9.90 Å². The Morgan fingerprint density at radius 2 is 1.65 bits per heavy atom. The number of fused-ring (bicyclic) bond motifs is 1. The van der Waals surface area contributed by atoms with E-state index in [0.29, 0.717) is 11.3 Å². The Hall–Kier alpha value is -2.81. The van der Waals surface area contributed by atoms with Crippen molar-refractivity contribution in [2.24, 2.45) is 0 Å². The highest BCUT2D eigenvalue weighted by Gasteiger charge is 2.09. The standard InChI is InChI=1S/C17H13NO2/c19-14-8-4-7-13(11-14)18-17(20)16-10-3-6-12-5-1-2-9-15(12)16/h1-11,19H,(H,18,20). The SMILES string of the molecule is O=C(Nc1cccc(O)c1)c1cccc2ccccc12. The van der Waals surface area contributed by atoms with Crippen molar-refractivity contribution in [1.29, 1.82) is 0 Å². The fourth-order valence-electron chi connectivity index (χ4n) is 2.21. The average molecular weight is 263 g/mol. The number of phenolic OH excluding ortho intramolecular Hbond substituents is 1. The van der Waals surface area contributed by atoms with Crippen molar-refractivity contribution in [1.82, 2.24) is 0 Å². The van der Waals surface area contributed by atoms with Crippen molar-refractivity contribution >= 4 is 22.4 Å². The molecule has 1 amide bonds. The van der Waals surface area contributed by atoms with Crippen LogP contribution in [-0.2, 0) is 0 Å². The molecular weight excluding hydrogens is 250 g/mol. The monoisotopic (exact) mass is 263 g/mol. The molecule has 20 heavy (non-hydrogen) atoms. The third-order valence-electron chi connectivity index (χ3n) is 3.14. The largest absolute Gasteiger partial charge is 0.508 e. The molecule has 3 rings (SSSR count). The molecule has 0 fully saturated rings. The number of hydrogen-bond acceptors (Lipinski definition) is 2. The topological polar surface area (TPSA) is 49.3 Å². The normalized spacial score (nSPS) is 10.4. The van der Waals surface area contributed by atoms with Gasteiger partial charge in [0, 0.05) is 17.3 Å². The van der Waals surface area contributed by atoms with Crippen LogP contribution in [0.2, 0.25) is 0 Å². The molecule has 3 heteroatoms. The minimum absolute atomic E-state index is 0.126. The molecule has 0 radical (unpaired) electrons. The zero-order valence-electron chi connectivity index (χ0n) is 10.7. The van der Waals surface area contributed by atoms with E-state index in [4.69, 9.17) is 0 Å². The molecule has 3 nitrogen and oxygen atoms in total. The van der Waals surface area contributed by atoms with E-state index in [2.05, 4.69) is 5.32 Å². The van der Waals surface area contributed by atoms with Crippen molar-refractivity contribution in [3.63, 3.8) is 0 Å². The lowest BCUT2D eigenvalue weighted by Crippen LogP contribution is -2.12. The molecule has 0 saturated heterocycles. The first-order valence-electron chi connectivity index (χ1n) is 6.32. The number of carbonyl (C=O) groups excluding carboxylic acids is 1. The highest BCUT2D eigenvalue weighted by Crippen LogP contribution is 2.21. The molecule has 3 aromatic carbocycles. The maximum atomic E-state index is 12.3. The van der Waals surface area contributed by atoms with E-state index < -0.39 is 0 Å². The summed E-state index contributed by atoms with van der Waals surface area (Å²) in [5.41, 5.74) is 1.19. The maximum absolute atomic E-state index is 12.3. The van der Waals surface area contributed by atoms with Crippen molar-refractivity contribution in [3.05, 3.63) is 72.3 Å². The minimum Gasteiger partial charge on any atom is -0.508 e. The van der Waals surface area contributed by atoms with Gasteiger partial charge in [-0.3, -0.25) is 4.79 Å². The van der Waals surface area contributed by atoms with E-state index in [-0.39, 0.29) is 11.7 Å². The highest BCUT2D eigenvalue weighted by atomic mass is 16.3. The van der Waals surface area contributed by atoms with Gasteiger partial charge in [-0.15, -0.1) is 0 Å². The van der Waals surface area contributed by atoms with Gasteiger partial charge in [-0.25, -0.2) is 0 Å². The van der Waals surface area contributed by atoms with Crippen LogP contribution < -0.4 is 5.32 Å². The Morgan fingerprint density at radius 1 is 0.900 bits per heavy atom. The second kappa shape index (κ2) is 5.05. The van der Waals surface area contributed by atoms with Crippen LogP contribution in [0.1, 0.15) is 10.4 Å². The molecule has 0 aliphatic rings. The molecule has 0 saturated carbocycles. The van der Waals surface area contributed by atoms with Crippen LogP contribution >= 0.6 is 0 Å². The molecule has 2 N–H and O–H groups in total. The summed E-state index contributed by atoms with van der Waals surface area (Å²) in [6.45, 7) is 0. The first-order chi connectivity index (χ1) is 9.74. The second-order valence-electron chi connectivity index (χ2n) is 4.53. The zero-order chi connectivity index (χ0) is 13.9. The number of hydrogen-bond donors (Lipinski definition) is 2. The van der Waals surface area contributed by atoms with Gasteiger partial charge < -0.3 is 10.4 Å². The predicted octanol–water partition coefficient (Wildman–Crippen LogP) is 3.80. The Kier molecular flexibility index (Phi) is 3.09. The Morgan fingerprint density at radius 3 is 2.50 bits per heavy atom. The van der Waals surface area contributed by atoms with Crippen molar-refractivity contribution in [3.8, 4) is 5.75 Å². The fraction of sp³-hybridized carbons (Fsp3) is 0. The molecule has 0 aromatic heterocycles. The summed E-state index contributed by atoms with van der Waals surface area (Å²) < 4.78 is 0. The third-order valence-corrected chi connectivity index (χ3v) is 3.14. The fourth-order valence-corrected chi connectivity index (χ4v) is 2.21. The number of amides is 1. The van der Waals surface area contributed by atoms with Crippen molar-refractivity contribution < 1.29 is 9.90 Å². The van der Waals surface area contributed by atoms with Crippen LogP contribution in [0.5, 0.6) is 5.75 Å². The van der Waals surface area contributed by atoms with Gasteiger partial charge in [0.15, 0.2) is 0 Å². The number of nitrogens with one attached hydrogen (secondary N) is 1. The molecule has 0 atom stereocenters. The van der Waals surface area contributed by atoms with Gasteiger partial charge in [-0.2, -0.15) is 0 Å². The third kappa shape index (κ3) is 2.34. The molecule has 0 aliphatic heterocycles. The summed E-state index contributed by atoms with van der Waals surface area (Å²) in [4.78, 5) is 12.3. The van der Waals surface area contributed by atoms with Crippen LogP contribution in [0.4, 0.5) is 5.69 Å². The van der Waals surface area contributed by atoms with Gasteiger partial charge in [0.2, 0.25) is 0 Å². The van der Waals surface area contributed by atoms with Gasteiger partial charge in [0.25, 0.3) is 5.91 Å². The molecule has 0 spiro atoms. The van der Waals surface area contributed by atoms with Crippen LogP contribution in [0, 0.1) is 0 Å². The number of rotatable bonds is 2. The first-order valence-corrected chi connectivity index (χ1v) is 6.32. The summed E-state index contributed by atoms with van der Waals surface area (Å²) >= 11 is 0. The Bertz CT molecular complexity index is 775. The highest BCUT2D eigenvalue weighted by molar-refractivity contribution is 6.12. The lowest BCUT2D eigenvalue weighted by molar-refractivity contribution is 0.102. The summed E-state index contributed by atoms with van der Waals surface area (Å²) in [5.74, 6) is -0.0619. The van der Waals surface area contributed by atoms with Crippen LogP contribution in [0.15, 0.2) is 66.7 Å². The van der Waals surface area contributed by atoms with E-state index >= 15 is 0 Å². The average Bonchev–Trinajstić information content (AvgIpc) is 2.46. The van der Waals surface area contributed by atoms with E-state index in [0.717, 1.165) is 10.8 Å². The zero-order valence-corrected chi connectivity index (χ0v) is 10.7. The lowest BCUT2D eigenvalue weighted by atomic mass is 10.0. The number of carbonyl (C=O) groups is 1. The van der Waals surface area contributed by atoms with E-state index in [1.54, 1.807) is 24.3 Å². The lowest BCUT2D eigenvalue weighted by Gasteiger charge is -2.08. The number of anilines is 1. The van der Waals surface area contributed by atoms with Crippen LogP contribution in [0.3, 0.4) is 0 Å². The van der Waals surface area contributed by atoms with Crippen LogP contribution in [-0.4, -0.2) is 11.0 Å². The Balaban J connectivity index is 1.97. The molecule has 0 heterocycles. The number of phenols is 1. The van der Waals surface area contributed by atoms with Gasteiger partial charge in [0.05, 0.1) is 0 Å². The first kappa shape index (κ1) is 12.2. The van der Waals surface area contributed by atoms with Crippen molar-refractivity contribution in [2.45, 2.75) is 0 Å². The second-order valence-corrected chi connectivity index (χ2v) is 4.53. The van der Waals surface area contributed by atoms with Gasteiger partial charge in [-0.1, -0.05) is 42.5 Å². The van der Waals surface area contributed by atoms with Crippen LogP contribution in [0.25, 0.3) is 10.8 Å². The number of benzene rings is 3. The molecule has 98 valence electrons. The minimum atomic E-state index is -0.188. The summed E-state index contributed by atoms with van der Waals surface area (Å²) in [7, 11) is 0. The molecule has 0 aliphatic carbocycles. The smallest absolute Gasteiger partial charge is 0.256 e. The Labute approximate surface area is 116 Å². The molecule has 0 unspecified atom stereocenters. The van der Waals surface area contributed by atoms with Gasteiger partial charge in [0.1, 0.15) is 5.75 Å². The van der Waals surface area contributed by atoms with Gasteiger partial charge in [-0.05, 0) is 29.0 Å². The molecular formula is C17H13NO2.